The summed E-state index contributed by atoms with van der Waals surface area (Å²) in [6.07, 6.45) is 1.95. The smallest absolute Gasteiger partial charge is 0.267 e. The van der Waals surface area contributed by atoms with Gasteiger partial charge in [-0.3, -0.25) is 14.5 Å². The Morgan fingerprint density at radius 1 is 0.967 bits per heavy atom. The summed E-state index contributed by atoms with van der Waals surface area (Å²) in [5.41, 5.74) is 4.15. The van der Waals surface area contributed by atoms with Gasteiger partial charge in [0.2, 0.25) is 5.91 Å². The predicted octanol–water partition coefficient (Wildman–Crippen LogP) is 2.47. The van der Waals surface area contributed by atoms with Crippen LogP contribution in [0, 0.1) is 0 Å². The van der Waals surface area contributed by atoms with Crippen molar-refractivity contribution in [3.8, 4) is 11.3 Å². The quantitative estimate of drug-likeness (QED) is 0.617. The fourth-order valence-corrected chi connectivity index (χ4v) is 3.79. The highest BCUT2D eigenvalue weighted by molar-refractivity contribution is 5.75. The molecule has 0 radical (unpaired) electrons. The second-order valence-electron chi connectivity index (χ2n) is 7.58. The van der Waals surface area contributed by atoms with Crippen LogP contribution in [0.1, 0.15) is 17.5 Å². The van der Waals surface area contributed by atoms with E-state index in [9.17, 15) is 9.59 Å². The Balaban J connectivity index is 1.25. The van der Waals surface area contributed by atoms with Crippen molar-refractivity contribution in [1.29, 1.82) is 0 Å². The van der Waals surface area contributed by atoms with Gasteiger partial charge in [0.05, 0.1) is 5.69 Å². The standard InChI is InChI=1S/C24H26N4O2/c29-23(18-28-24(30)12-11-22(26-28)20-8-2-1-3-9-20)25-14-6-15-27-16-13-19-7-4-5-10-21(19)17-27/h1-5,7-12H,6,13-18H2,(H,25,29). The van der Waals surface area contributed by atoms with Gasteiger partial charge in [-0.25, -0.2) is 4.68 Å². The van der Waals surface area contributed by atoms with Crippen LogP contribution in [0.2, 0.25) is 0 Å². The van der Waals surface area contributed by atoms with Crippen LogP contribution in [0.5, 0.6) is 0 Å². The Morgan fingerprint density at radius 2 is 1.73 bits per heavy atom. The second kappa shape index (κ2) is 9.50. The Hall–Kier alpha value is -3.25. The number of fused-ring (bicyclic) bond motifs is 1. The van der Waals surface area contributed by atoms with E-state index in [0.29, 0.717) is 12.2 Å². The lowest BCUT2D eigenvalue weighted by Crippen LogP contribution is -2.36. The summed E-state index contributed by atoms with van der Waals surface area (Å²) in [6.45, 7) is 3.48. The molecule has 6 heteroatoms. The molecule has 0 aliphatic carbocycles. The average Bonchev–Trinajstić information content (AvgIpc) is 2.79. The first-order valence-corrected chi connectivity index (χ1v) is 10.4. The molecule has 0 unspecified atom stereocenters. The van der Waals surface area contributed by atoms with E-state index in [1.54, 1.807) is 6.07 Å². The maximum absolute atomic E-state index is 12.3. The van der Waals surface area contributed by atoms with E-state index in [4.69, 9.17) is 0 Å². The number of amides is 1. The summed E-state index contributed by atoms with van der Waals surface area (Å²) >= 11 is 0. The van der Waals surface area contributed by atoms with E-state index in [1.807, 2.05) is 30.3 Å². The molecule has 0 fully saturated rings. The summed E-state index contributed by atoms with van der Waals surface area (Å²) in [5, 5.41) is 7.25. The summed E-state index contributed by atoms with van der Waals surface area (Å²) < 4.78 is 1.22. The lowest BCUT2D eigenvalue weighted by molar-refractivity contribution is -0.121. The highest BCUT2D eigenvalue weighted by atomic mass is 16.2. The molecule has 3 aromatic rings. The molecule has 1 aliphatic rings. The molecule has 1 aromatic heterocycles. The van der Waals surface area contributed by atoms with Crippen LogP contribution in [-0.2, 0) is 24.3 Å². The van der Waals surface area contributed by atoms with Crippen LogP contribution in [0.25, 0.3) is 11.3 Å². The van der Waals surface area contributed by atoms with Gasteiger partial charge >= 0.3 is 0 Å². The van der Waals surface area contributed by atoms with Crippen molar-refractivity contribution in [2.45, 2.75) is 25.9 Å². The van der Waals surface area contributed by atoms with Crippen LogP contribution in [0.15, 0.2) is 71.5 Å². The number of rotatable bonds is 7. The molecular weight excluding hydrogens is 376 g/mol. The van der Waals surface area contributed by atoms with Crippen molar-refractivity contribution in [3.05, 3.63) is 88.2 Å². The van der Waals surface area contributed by atoms with Crippen molar-refractivity contribution in [1.82, 2.24) is 20.0 Å². The van der Waals surface area contributed by atoms with E-state index in [2.05, 4.69) is 39.6 Å². The Bertz CT molecular complexity index is 1060. The third-order valence-corrected chi connectivity index (χ3v) is 5.41. The molecule has 0 saturated heterocycles. The molecule has 1 N–H and O–H groups in total. The van der Waals surface area contributed by atoms with E-state index >= 15 is 0 Å². The molecule has 1 amide bonds. The van der Waals surface area contributed by atoms with E-state index in [-0.39, 0.29) is 18.0 Å². The molecular formula is C24H26N4O2. The van der Waals surface area contributed by atoms with Gasteiger partial charge in [-0.2, -0.15) is 5.10 Å². The summed E-state index contributed by atoms with van der Waals surface area (Å²) in [7, 11) is 0. The minimum absolute atomic E-state index is 0.0728. The van der Waals surface area contributed by atoms with Crippen molar-refractivity contribution < 1.29 is 4.79 Å². The Kier molecular flexibility index (Phi) is 6.35. The van der Waals surface area contributed by atoms with Gasteiger partial charge in [-0.15, -0.1) is 0 Å². The monoisotopic (exact) mass is 402 g/mol. The molecule has 0 bridgehead atoms. The molecule has 2 heterocycles. The predicted molar refractivity (Wildman–Crippen MR) is 117 cm³/mol. The molecule has 154 valence electrons. The molecule has 6 nitrogen and oxygen atoms in total. The van der Waals surface area contributed by atoms with Crippen molar-refractivity contribution >= 4 is 5.91 Å². The second-order valence-corrected chi connectivity index (χ2v) is 7.58. The molecule has 4 rings (SSSR count). The fourth-order valence-electron chi connectivity index (χ4n) is 3.79. The topological polar surface area (TPSA) is 67.2 Å². The molecule has 2 aromatic carbocycles. The zero-order valence-electron chi connectivity index (χ0n) is 17.0. The number of carbonyl (C=O) groups excluding carboxylic acids is 1. The molecule has 1 aliphatic heterocycles. The lowest BCUT2D eigenvalue weighted by atomic mass is 10.00. The maximum Gasteiger partial charge on any atom is 0.267 e. The normalized spacial score (nSPS) is 13.6. The van der Waals surface area contributed by atoms with E-state index in [0.717, 1.165) is 38.0 Å². The molecule has 0 atom stereocenters. The molecule has 0 spiro atoms. The fraction of sp³-hybridized carbons (Fsp3) is 0.292. The number of nitrogens with zero attached hydrogens (tertiary/aromatic N) is 3. The van der Waals surface area contributed by atoms with Crippen LogP contribution in [0.3, 0.4) is 0 Å². The van der Waals surface area contributed by atoms with Gasteiger partial charge < -0.3 is 5.32 Å². The van der Waals surface area contributed by atoms with Crippen LogP contribution in [0.4, 0.5) is 0 Å². The molecule has 30 heavy (non-hydrogen) atoms. The lowest BCUT2D eigenvalue weighted by Gasteiger charge is -2.28. The third-order valence-electron chi connectivity index (χ3n) is 5.41. The number of nitrogens with one attached hydrogen (secondary N) is 1. The van der Waals surface area contributed by atoms with Crippen LogP contribution < -0.4 is 10.9 Å². The first-order chi connectivity index (χ1) is 14.7. The number of aromatic nitrogens is 2. The Labute approximate surface area is 176 Å². The largest absolute Gasteiger partial charge is 0.354 e. The molecule has 0 saturated carbocycles. The number of hydrogen-bond donors (Lipinski definition) is 1. The van der Waals surface area contributed by atoms with E-state index in [1.165, 1.54) is 21.9 Å². The summed E-state index contributed by atoms with van der Waals surface area (Å²) in [6, 6.07) is 21.3. The zero-order chi connectivity index (χ0) is 20.8. The summed E-state index contributed by atoms with van der Waals surface area (Å²) in [4.78, 5) is 26.8. The zero-order valence-corrected chi connectivity index (χ0v) is 17.0. The van der Waals surface area contributed by atoms with E-state index < -0.39 is 0 Å². The minimum atomic E-state index is -0.281. The number of carbonyl (C=O) groups is 1. The highest BCUT2D eigenvalue weighted by Gasteiger charge is 2.15. The maximum atomic E-state index is 12.3. The van der Waals surface area contributed by atoms with Crippen molar-refractivity contribution in [2.24, 2.45) is 0 Å². The SMILES string of the molecule is O=C(Cn1nc(-c2ccccc2)ccc1=O)NCCCN1CCc2ccccc2C1. The highest BCUT2D eigenvalue weighted by Crippen LogP contribution is 2.18. The van der Waals surface area contributed by atoms with Crippen LogP contribution in [-0.4, -0.2) is 40.2 Å². The number of hydrogen-bond acceptors (Lipinski definition) is 4. The number of benzene rings is 2. The average molecular weight is 402 g/mol. The van der Waals surface area contributed by atoms with Gasteiger partial charge in [-0.05, 0) is 30.0 Å². The first-order valence-electron chi connectivity index (χ1n) is 10.4. The van der Waals surface area contributed by atoms with Crippen LogP contribution >= 0.6 is 0 Å². The van der Waals surface area contributed by atoms with Crippen molar-refractivity contribution in [2.75, 3.05) is 19.6 Å². The van der Waals surface area contributed by atoms with Crippen molar-refractivity contribution in [3.63, 3.8) is 0 Å². The van der Waals surface area contributed by atoms with Gasteiger partial charge in [-0.1, -0.05) is 54.6 Å². The minimum Gasteiger partial charge on any atom is -0.354 e. The first kappa shape index (κ1) is 20.0. The third kappa shape index (κ3) is 5.02. The van der Waals surface area contributed by atoms with Gasteiger partial charge in [0.15, 0.2) is 0 Å². The van der Waals surface area contributed by atoms with Gasteiger partial charge in [0, 0.05) is 37.8 Å². The van der Waals surface area contributed by atoms with Gasteiger partial charge in [0.25, 0.3) is 5.56 Å². The van der Waals surface area contributed by atoms with Gasteiger partial charge in [0.1, 0.15) is 6.54 Å². The summed E-state index contributed by atoms with van der Waals surface area (Å²) in [5.74, 6) is -0.196. The Morgan fingerprint density at radius 3 is 2.57 bits per heavy atom.